The smallest absolute Gasteiger partial charge is 0.366 e. The van der Waals surface area contributed by atoms with E-state index in [0.717, 1.165) is 10.6 Å². The molecule has 1 aliphatic heterocycles. The summed E-state index contributed by atoms with van der Waals surface area (Å²) in [5, 5.41) is 9.35. The second-order valence-corrected chi connectivity index (χ2v) is 5.92. The SMILES string of the molecule is CCSc1cccc(N2CC=C(C(F)(F)F)CC2)c1C#N. The van der Waals surface area contributed by atoms with Gasteiger partial charge in [0, 0.05) is 23.6 Å². The van der Waals surface area contributed by atoms with Gasteiger partial charge < -0.3 is 4.90 Å². The maximum atomic E-state index is 12.6. The maximum Gasteiger partial charge on any atom is 0.412 e. The number of benzene rings is 1. The van der Waals surface area contributed by atoms with E-state index >= 15 is 0 Å². The first-order valence-corrected chi connectivity index (χ1v) is 7.63. The maximum absolute atomic E-state index is 12.6. The lowest BCUT2D eigenvalue weighted by Gasteiger charge is -2.30. The van der Waals surface area contributed by atoms with Crippen LogP contribution in [0.4, 0.5) is 18.9 Å². The number of thioether (sulfide) groups is 1. The summed E-state index contributed by atoms with van der Waals surface area (Å²) < 4.78 is 37.9. The Morgan fingerprint density at radius 3 is 2.67 bits per heavy atom. The monoisotopic (exact) mass is 312 g/mol. The summed E-state index contributed by atoms with van der Waals surface area (Å²) in [4.78, 5) is 2.70. The van der Waals surface area contributed by atoms with Crippen LogP contribution in [0.1, 0.15) is 18.9 Å². The number of nitrogens with zero attached hydrogens (tertiary/aromatic N) is 2. The van der Waals surface area contributed by atoms with Crippen LogP contribution in [0.25, 0.3) is 0 Å². The number of hydrogen-bond donors (Lipinski definition) is 0. The first-order valence-electron chi connectivity index (χ1n) is 6.64. The molecule has 0 unspecified atom stereocenters. The lowest BCUT2D eigenvalue weighted by Crippen LogP contribution is -2.32. The fourth-order valence-electron chi connectivity index (χ4n) is 2.32. The number of nitriles is 1. The molecule has 0 radical (unpaired) electrons. The van der Waals surface area contributed by atoms with E-state index in [0.29, 0.717) is 11.3 Å². The molecule has 112 valence electrons. The quantitative estimate of drug-likeness (QED) is 0.612. The van der Waals surface area contributed by atoms with Crippen molar-refractivity contribution in [2.45, 2.75) is 24.4 Å². The Morgan fingerprint density at radius 1 is 1.38 bits per heavy atom. The summed E-state index contributed by atoms with van der Waals surface area (Å²) in [5.74, 6) is 0.844. The van der Waals surface area contributed by atoms with E-state index in [1.807, 2.05) is 24.0 Å². The van der Waals surface area contributed by atoms with Crippen LogP contribution in [0, 0.1) is 11.3 Å². The van der Waals surface area contributed by atoms with Gasteiger partial charge in [0.1, 0.15) is 6.07 Å². The predicted molar refractivity (Wildman–Crippen MR) is 78.5 cm³/mol. The van der Waals surface area contributed by atoms with Crippen LogP contribution in [-0.2, 0) is 0 Å². The second-order valence-electron chi connectivity index (χ2n) is 4.62. The van der Waals surface area contributed by atoms with Crippen LogP contribution in [-0.4, -0.2) is 25.0 Å². The highest BCUT2D eigenvalue weighted by Gasteiger charge is 2.35. The minimum Gasteiger partial charge on any atom is -0.366 e. The molecule has 0 saturated heterocycles. The fourth-order valence-corrected chi connectivity index (χ4v) is 3.10. The van der Waals surface area contributed by atoms with Gasteiger partial charge in [-0.2, -0.15) is 18.4 Å². The van der Waals surface area contributed by atoms with E-state index in [4.69, 9.17) is 0 Å². The summed E-state index contributed by atoms with van der Waals surface area (Å²) >= 11 is 1.56. The molecule has 1 aromatic carbocycles. The van der Waals surface area contributed by atoms with Crippen LogP contribution in [0.3, 0.4) is 0 Å². The standard InChI is InChI=1S/C15H15F3N2S/c1-2-21-14-5-3-4-13(12(14)10-19)20-8-6-11(7-9-20)15(16,17)18/h3-6H,2,7-9H2,1H3. The normalized spacial score (nSPS) is 15.6. The van der Waals surface area contributed by atoms with Crippen molar-refractivity contribution in [1.82, 2.24) is 0 Å². The molecule has 21 heavy (non-hydrogen) atoms. The topological polar surface area (TPSA) is 27.0 Å². The molecule has 2 rings (SSSR count). The van der Waals surface area contributed by atoms with E-state index in [1.54, 1.807) is 17.8 Å². The number of anilines is 1. The van der Waals surface area contributed by atoms with Crippen molar-refractivity contribution in [1.29, 1.82) is 5.26 Å². The Balaban J connectivity index is 2.27. The Bertz CT molecular complexity index is 588. The summed E-state index contributed by atoms with van der Waals surface area (Å²) in [7, 11) is 0. The number of alkyl halides is 3. The first-order chi connectivity index (χ1) is 9.97. The molecule has 2 nitrogen and oxygen atoms in total. The molecule has 1 aromatic rings. The highest BCUT2D eigenvalue weighted by molar-refractivity contribution is 7.99. The van der Waals surface area contributed by atoms with Crippen LogP contribution in [0.2, 0.25) is 0 Å². The van der Waals surface area contributed by atoms with Crippen molar-refractivity contribution in [2.24, 2.45) is 0 Å². The van der Waals surface area contributed by atoms with Crippen molar-refractivity contribution >= 4 is 17.4 Å². The average molecular weight is 312 g/mol. The molecule has 0 atom stereocenters. The van der Waals surface area contributed by atoms with E-state index < -0.39 is 11.7 Å². The lowest BCUT2D eigenvalue weighted by molar-refractivity contribution is -0.0943. The summed E-state index contributed by atoms with van der Waals surface area (Å²) in [5.41, 5.74) is 0.790. The van der Waals surface area contributed by atoms with E-state index in [1.165, 1.54) is 6.08 Å². The van der Waals surface area contributed by atoms with Crippen LogP contribution >= 0.6 is 11.8 Å². The van der Waals surface area contributed by atoms with Gasteiger partial charge in [0.05, 0.1) is 11.3 Å². The van der Waals surface area contributed by atoms with E-state index in [-0.39, 0.29) is 19.5 Å². The molecule has 0 saturated carbocycles. The number of hydrogen-bond acceptors (Lipinski definition) is 3. The summed E-state index contributed by atoms with van der Waals surface area (Å²) in [6.07, 6.45) is -3.08. The molecule has 0 fully saturated rings. The zero-order valence-electron chi connectivity index (χ0n) is 11.6. The Morgan fingerprint density at radius 2 is 2.14 bits per heavy atom. The van der Waals surface area contributed by atoms with Crippen molar-refractivity contribution < 1.29 is 13.2 Å². The summed E-state index contributed by atoms with van der Waals surface area (Å²) in [6, 6.07) is 7.70. The van der Waals surface area contributed by atoms with Crippen LogP contribution in [0.5, 0.6) is 0 Å². The molecular weight excluding hydrogens is 297 g/mol. The van der Waals surface area contributed by atoms with Gasteiger partial charge in [-0.05, 0) is 24.3 Å². The molecule has 0 amide bonds. The van der Waals surface area contributed by atoms with Gasteiger partial charge in [0.2, 0.25) is 0 Å². The Labute approximate surface area is 126 Å². The van der Waals surface area contributed by atoms with Crippen molar-refractivity contribution in [3.8, 4) is 6.07 Å². The van der Waals surface area contributed by atoms with Crippen LogP contribution in [0.15, 0.2) is 34.7 Å². The third kappa shape index (κ3) is 3.53. The van der Waals surface area contributed by atoms with E-state index in [9.17, 15) is 18.4 Å². The molecular formula is C15H15F3N2S. The number of halogens is 3. The molecule has 0 N–H and O–H groups in total. The van der Waals surface area contributed by atoms with Gasteiger partial charge >= 0.3 is 6.18 Å². The van der Waals surface area contributed by atoms with Gasteiger partial charge in [0.15, 0.2) is 0 Å². The third-order valence-corrected chi connectivity index (χ3v) is 4.27. The van der Waals surface area contributed by atoms with Gasteiger partial charge in [-0.15, -0.1) is 11.8 Å². The minimum absolute atomic E-state index is 0.0421. The van der Waals surface area contributed by atoms with Crippen LogP contribution < -0.4 is 4.90 Å². The Kier molecular flexibility index (Phi) is 4.84. The van der Waals surface area contributed by atoms with Gasteiger partial charge in [-0.25, -0.2) is 0 Å². The average Bonchev–Trinajstić information content (AvgIpc) is 2.46. The highest BCUT2D eigenvalue weighted by atomic mass is 32.2. The molecule has 1 aliphatic rings. The molecule has 0 bridgehead atoms. The van der Waals surface area contributed by atoms with Gasteiger partial charge in [-0.3, -0.25) is 0 Å². The highest BCUT2D eigenvalue weighted by Crippen LogP contribution is 2.34. The molecule has 1 heterocycles. The van der Waals surface area contributed by atoms with Gasteiger partial charge in [-0.1, -0.05) is 19.1 Å². The number of rotatable bonds is 3. The lowest BCUT2D eigenvalue weighted by atomic mass is 10.1. The second kappa shape index (κ2) is 6.44. The largest absolute Gasteiger partial charge is 0.412 e. The zero-order valence-corrected chi connectivity index (χ0v) is 12.4. The minimum atomic E-state index is -4.25. The van der Waals surface area contributed by atoms with Crippen molar-refractivity contribution in [3.63, 3.8) is 0 Å². The fraction of sp³-hybridized carbons (Fsp3) is 0.400. The molecule has 0 aromatic heterocycles. The molecule has 0 aliphatic carbocycles. The first kappa shape index (κ1) is 15.8. The van der Waals surface area contributed by atoms with Crippen molar-refractivity contribution in [2.75, 3.05) is 23.7 Å². The summed E-state index contributed by atoms with van der Waals surface area (Å²) in [6.45, 7) is 2.46. The molecule has 6 heteroatoms. The molecule has 0 spiro atoms. The zero-order chi connectivity index (χ0) is 15.5. The van der Waals surface area contributed by atoms with E-state index in [2.05, 4.69) is 6.07 Å². The predicted octanol–water partition coefficient (Wildman–Crippen LogP) is 4.37. The van der Waals surface area contributed by atoms with Gasteiger partial charge in [0.25, 0.3) is 0 Å². The van der Waals surface area contributed by atoms with Crippen molar-refractivity contribution in [3.05, 3.63) is 35.4 Å². The third-order valence-electron chi connectivity index (χ3n) is 3.33. The Hall–Kier alpha value is -1.61.